The lowest BCUT2D eigenvalue weighted by Crippen LogP contribution is -2.34. The number of unbranched alkanes of at least 4 members (excludes halogenated alkanes) is 2. The lowest BCUT2D eigenvalue weighted by atomic mass is 9.83. The number of fused-ring (bicyclic) bond motifs is 1. The number of rotatable bonds is 7. The van der Waals surface area contributed by atoms with E-state index in [0.717, 1.165) is 30.8 Å². The van der Waals surface area contributed by atoms with Gasteiger partial charge >= 0.3 is 7.12 Å². The van der Waals surface area contributed by atoms with Gasteiger partial charge in [-0.25, -0.2) is 4.98 Å². The van der Waals surface area contributed by atoms with Gasteiger partial charge in [0.15, 0.2) is 6.17 Å². The first-order chi connectivity index (χ1) is 11.2. The maximum atomic E-state index is 8.93. The Kier molecular flexibility index (Phi) is 5.20. The van der Waals surface area contributed by atoms with Crippen LogP contribution < -0.4 is 9.80 Å². The Morgan fingerprint density at radius 1 is 1.17 bits per heavy atom. The summed E-state index contributed by atoms with van der Waals surface area (Å²) in [6.45, 7) is 0.938. The summed E-state index contributed by atoms with van der Waals surface area (Å²) in [5.74, 6) is 0. The molecule has 1 aliphatic rings. The van der Waals surface area contributed by atoms with Crippen molar-refractivity contribution in [3.8, 4) is 0 Å². The number of aromatic nitrogens is 1. The number of nitrogens with zero attached hydrogens (tertiary/aromatic N) is 3. The standard InChI is InChI=1S/C16H22BN3O2S/c1-19-13-7-3-4-8-14(13)20(11-6-2-5-9-17(21)22)16(19)15-18-10-12-23-15/h3-4,7-8,10,12,16,21-22H,2,5-6,9,11H2,1H3. The first-order valence-corrected chi connectivity index (χ1v) is 8.90. The van der Waals surface area contributed by atoms with Crippen LogP contribution >= 0.6 is 11.3 Å². The molecule has 2 aromatic rings. The summed E-state index contributed by atoms with van der Waals surface area (Å²) in [5, 5.41) is 21.0. The fourth-order valence-electron chi connectivity index (χ4n) is 3.17. The van der Waals surface area contributed by atoms with Crippen molar-refractivity contribution in [2.24, 2.45) is 0 Å². The van der Waals surface area contributed by atoms with Gasteiger partial charge in [-0.1, -0.05) is 25.0 Å². The van der Waals surface area contributed by atoms with Crippen molar-refractivity contribution in [3.05, 3.63) is 40.8 Å². The molecule has 0 bridgehead atoms. The third-order valence-electron chi connectivity index (χ3n) is 4.27. The highest BCUT2D eigenvalue weighted by Gasteiger charge is 2.35. The highest BCUT2D eigenvalue weighted by Crippen LogP contribution is 2.45. The van der Waals surface area contributed by atoms with E-state index in [1.54, 1.807) is 11.3 Å². The Bertz CT molecular complexity index is 624. The van der Waals surface area contributed by atoms with Gasteiger partial charge < -0.3 is 19.8 Å². The number of hydrogen-bond donors (Lipinski definition) is 2. The average molecular weight is 331 g/mol. The molecule has 1 aromatic heterocycles. The minimum atomic E-state index is -1.18. The van der Waals surface area contributed by atoms with Gasteiger partial charge in [-0.05, 0) is 24.9 Å². The van der Waals surface area contributed by atoms with E-state index >= 15 is 0 Å². The molecule has 0 amide bonds. The fourth-order valence-corrected chi connectivity index (χ4v) is 3.96. The molecule has 1 aromatic carbocycles. The Balaban J connectivity index is 1.72. The lowest BCUT2D eigenvalue weighted by molar-refractivity contribution is 0.401. The molecule has 0 fully saturated rings. The van der Waals surface area contributed by atoms with Crippen molar-refractivity contribution in [1.29, 1.82) is 0 Å². The molecule has 23 heavy (non-hydrogen) atoms. The van der Waals surface area contributed by atoms with E-state index in [4.69, 9.17) is 10.0 Å². The van der Waals surface area contributed by atoms with Gasteiger partial charge in [0.1, 0.15) is 5.01 Å². The van der Waals surface area contributed by atoms with Crippen LogP contribution in [0.1, 0.15) is 30.4 Å². The third-order valence-corrected chi connectivity index (χ3v) is 5.08. The van der Waals surface area contributed by atoms with Gasteiger partial charge in [-0.2, -0.15) is 0 Å². The maximum absolute atomic E-state index is 8.93. The van der Waals surface area contributed by atoms with E-state index in [1.807, 2.05) is 11.6 Å². The van der Waals surface area contributed by atoms with E-state index in [2.05, 4.69) is 46.1 Å². The molecule has 3 rings (SSSR count). The molecule has 1 unspecified atom stereocenters. The van der Waals surface area contributed by atoms with Crippen LogP contribution in [-0.2, 0) is 0 Å². The molecule has 0 saturated heterocycles. The van der Waals surface area contributed by atoms with Gasteiger partial charge in [0.05, 0.1) is 11.4 Å². The van der Waals surface area contributed by atoms with Gasteiger partial charge in [0.25, 0.3) is 0 Å². The topological polar surface area (TPSA) is 59.8 Å². The molecule has 2 N–H and O–H groups in total. The molecule has 0 saturated carbocycles. The molecular formula is C16H22BN3O2S. The lowest BCUT2D eigenvalue weighted by Gasteiger charge is -2.29. The Morgan fingerprint density at radius 3 is 2.65 bits per heavy atom. The average Bonchev–Trinajstić information content (AvgIpc) is 3.14. The fraction of sp³-hybridized carbons (Fsp3) is 0.438. The van der Waals surface area contributed by atoms with Crippen LogP contribution in [0.15, 0.2) is 35.8 Å². The van der Waals surface area contributed by atoms with Crippen LogP contribution in [0, 0.1) is 0 Å². The Morgan fingerprint density at radius 2 is 1.96 bits per heavy atom. The summed E-state index contributed by atoms with van der Waals surface area (Å²) in [6.07, 6.45) is 5.31. The molecule has 2 heterocycles. The monoisotopic (exact) mass is 331 g/mol. The van der Waals surface area contributed by atoms with E-state index in [0.29, 0.717) is 6.32 Å². The molecule has 122 valence electrons. The van der Waals surface area contributed by atoms with Crippen LogP contribution in [0.3, 0.4) is 0 Å². The normalized spacial score (nSPS) is 16.7. The number of thiazole rings is 1. The molecular weight excluding hydrogens is 309 g/mol. The summed E-state index contributed by atoms with van der Waals surface area (Å²) >= 11 is 1.69. The smallest absolute Gasteiger partial charge is 0.427 e. The SMILES string of the molecule is CN1c2ccccc2N(CCCCCB(O)O)C1c1nccs1. The first-order valence-electron chi connectivity index (χ1n) is 8.02. The van der Waals surface area contributed by atoms with E-state index in [9.17, 15) is 0 Å². The second-order valence-corrected chi connectivity index (χ2v) is 6.79. The van der Waals surface area contributed by atoms with Gasteiger partial charge in [0.2, 0.25) is 0 Å². The van der Waals surface area contributed by atoms with Crippen molar-refractivity contribution in [2.75, 3.05) is 23.4 Å². The highest BCUT2D eigenvalue weighted by atomic mass is 32.1. The maximum Gasteiger partial charge on any atom is 0.451 e. The zero-order chi connectivity index (χ0) is 16.2. The van der Waals surface area contributed by atoms with E-state index in [1.165, 1.54) is 11.4 Å². The van der Waals surface area contributed by atoms with E-state index < -0.39 is 7.12 Å². The van der Waals surface area contributed by atoms with Crippen molar-refractivity contribution < 1.29 is 10.0 Å². The zero-order valence-corrected chi connectivity index (χ0v) is 14.1. The number of hydrogen-bond acceptors (Lipinski definition) is 6. The molecule has 5 nitrogen and oxygen atoms in total. The van der Waals surface area contributed by atoms with Crippen molar-refractivity contribution in [1.82, 2.24) is 4.98 Å². The summed E-state index contributed by atoms with van der Waals surface area (Å²) < 4.78 is 0. The summed E-state index contributed by atoms with van der Waals surface area (Å²) in [5.41, 5.74) is 2.48. The van der Waals surface area contributed by atoms with Gasteiger partial charge in [-0.15, -0.1) is 11.3 Å². The predicted octanol–water partition coefficient (Wildman–Crippen LogP) is 2.74. The molecule has 0 radical (unpaired) electrons. The van der Waals surface area contributed by atoms with Crippen molar-refractivity contribution in [3.63, 3.8) is 0 Å². The molecule has 7 heteroatoms. The number of anilines is 2. The largest absolute Gasteiger partial charge is 0.451 e. The third kappa shape index (κ3) is 3.52. The van der Waals surface area contributed by atoms with Gasteiger partial charge in [-0.3, -0.25) is 0 Å². The van der Waals surface area contributed by atoms with Gasteiger partial charge in [0, 0.05) is 25.2 Å². The summed E-state index contributed by atoms with van der Waals surface area (Å²) in [7, 11) is 0.934. The molecule has 0 aliphatic carbocycles. The zero-order valence-electron chi connectivity index (χ0n) is 13.3. The quantitative estimate of drug-likeness (QED) is 0.603. The van der Waals surface area contributed by atoms with Crippen LogP contribution in [0.2, 0.25) is 6.32 Å². The van der Waals surface area contributed by atoms with Crippen LogP contribution in [0.5, 0.6) is 0 Å². The van der Waals surface area contributed by atoms with Crippen LogP contribution in [-0.4, -0.2) is 35.7 Å². The molecule has 0 spiro atoms. The molecule has 1 atom stereocenters. The minimum absolute atomic E-state index is 0.149. The van der Waals surface area contributed by atoms with E-state index in [-0.39, 0.29) is 6.17 Å². The van der Waals surface area contributed by atoms with Crippen molar-refractivity contribution in [2.45, 2.75) is 31.7 Å². The highest BCUT2D eigenvalue weighted by molar-refractivity contribution is 7.09. The summed E-state index contributed by atoms with van der Waals surface area (Å²) in [4.78, 5) is 9.21. The minimum Gasteiger partial charge on any atom is -0.427 e. The Hall–Kier alpha value is -1.57. The number of benzene rings is 1. The first kappa shape index (κ1) is 16.3. The van der Waals surface area contributed by atoms with Crippen molar-refractivity contribution >= 4 is 29.8 Å². The van der Waals surface area contributed by atoms with Crippen LogP contribution in [0.25, 0.3) is 0 Å². The predicted molar refractivity (Wildman–Crippen MR) is 95.9 cm³/mol. The second kappa shape index (κ2) is 7.34. The summed E-state index contributed by atoms with van der Waals surface area (Å²) in [6, 6.07) is 8.46. The molecule has 1 aliphatic heterocycles. The second-order valence-electron chi connectivity index (χ2n) is 5.87. The Labute approximate surface area is 141 Å². The number of para-hydroxylation sites is 2. The van der Waals surface area contributed by atoms with Crippen LogP contribution in [0.4, 0.5) is 11.4 Å².